The van der Waals surface area contributed by atoms with Gasteiger partial charge in [0.2, 0.25) is 5.88 Å². The molecular weight excluding hydrogens is 202 g/mol. The Hall–Kier alpha value is -0.800. The molecule has 14 heavy (non-hydrogen) atoms. The molecule has 3 nitrogen and oxygen atoms in total. The Bertz CT molecular complexity index is 328. The summed E-state index contributed by atoms with van der Waals surface area (Å²) in [6, 6.07) is 1.67. The van der Waals surface area contributed by atoms with Gasteiger partial charge in [-0.1, -0.05) is 18.5 Å². The lowest BCUT2D eigenvalue weighted by Crippen LogP contribution is -2.02. The number of hydrogen-bond donors (Lipinski definition) is 1. The zero-order chi connectivity index (χ0) is 10.7. The quantitative estimate of drug-likeness (QED) is 0.788. The molecule has 0 radical (unpaired) electrons. The van der Waals surface area contributed by atoms with E-state index in [0.29, 0.717) is 17.5 Å². The number of ether oxygens (including phenoxy) is 1. The standard InChI is InChI=1S/C10H14ClNO2/c1-4-8(13)7-5-9(11)12-10(14-3)6(7)2/h5,8,13H,4H2,1-3H3. The van der Waals surface area contributed by atoms with Crippen LogP contribution in [0.1, 0.15) is 30.6 Å². The number of hydrogen-bond acceptors (Lipinski definition) is 3. The maximum absolute atomic E-state index is 9.71. The summed E-state index contributed by atoms with van der Waals surface area (Å²) in [6.45, 7) is 3.77. The fraction of sp³-hybridized carbons (Fsp3) is 0.500. The molecule has 1 unspecified atom stereocenters. The van der Waals surface area contributed by atoms with Crippen LogP contribution in [0.5, 0.6) is 5.88 Å². The molecule has 1 N–H and O–H groups in total. The minimum Gasteiger partial charge on any atom is -0.481 e. The Kier molecular flexibility index (Phi) is 3.72. The Morgan fingerprint density at radius 1 is 1.64 bits per heavy atom. The molecule has 0 aliphatic heterocycles. The van der Waals surface area contributed by atoms with Crippen LogP contribution in [0.4, 0.5) is 0 Å². The van der Waals surface area contributed by atoms with Crippen molar-refractivity contribution in [1.29, 1.82) is 0 Å². The van der Waals surface area contributed by atoms with Gasteiger partial charge in [-0.2, -0.15) is 0 Å². The van der Waals surface area contributed by atoms with Crippen LogP contribution in [-0.4, -0.2) is 17.2 Å². The van der Waals surface area contributed by atoms with E-state index < -0.39 is 6.10 Å². The fourth-order valence-electron chi connectivity index (χ4n) is 1.34. The first-order chi connectivity index (χ1) is 6.60. The molecule has 0 bridgehead atoms. The Morgan fingerprint density at radius 3 is 2.79 bits per heavy atom. The number of halogens is 1. The van der Waals surface area contributed by atoms with Crippen LogP contribution < -0.4 is 4.74 Å². The molecule has 1 aromatic heterocycles. The molecule has 0 spiro atoms. The minimum atomic E-state index is -0.510. The molecular formula is C10H14ClNO2. The number of rotatable bonds is 3. The lowest BCUT2D eigenvalue weighted by Gasteiger charge is -2.14. The van der Waals surface area contributed by atoms with Crippen LogP contribution >= 0.6 is 11.6 Å². The van der Waals surface area contributed by atoms with Crippen LogP contribution in [0.25, 0.3) is 0 Å². The van der Waals surface area contributed by atoms with Crippen LogP contribution in [0, 0.1) is 6.92 Å². The van der Waals surface area contributed by atoms with Gasteiger partial charge in [0.25, 0.3) is 0 Å². The smallest absolute Gasteiger partial charge is 0.217 e. The van der Waals surface area contributed by atoms with E-state index in [-0.39, 0.29) is 0 Å². The maximum Gasteiger partial charge on any atom is 0.217 e. The third-order valence-corrected chi connectivity index (χ3v) is 2.37. The Labute approximate surface area is 88.7 Å². The summed E-state index contributed by atoms with van der Waals surface area (Å²) >= 11 is 5.80. The van der Waals surface area contributed by atoms with E-state index in [2.05, 4.69) is 4.98 Å². The summed E-state index contributed by atoms with van der Waals surface area (Å²) in [6.07, 6.45) is 0.133. The zero-order valence-electron chi connectivity index (χ0n) is 8.54. The average molecular weight is 216 g/mol. The Morgan fingerprint density at radius 2 is 2.29 bits per heavy atom. The highest BCUT2D eigenvalue weighted by atomic mass is 35.5. The predicted octanol–water partition coefficient (Wildman–Crippen LogP) is 2.50. The molecule has 1 aromatic rings. The van der Waals surface area contributed by atoms with Gasteiger partial charge in [-0.3, -0.25) is 0 Å². The van der Waals surface area contributed by atoms with Crippen molar-refractivity contribution in [3.63, 3.8) is 0 Å². The number of methoxy groups -OCH3 is 1. The molecule has 0 amide bonds. The summed E-state index contributed by atoms with van der Waals surface area (Å²) in [5, 5.41) is 10.1. The summed E-state index contributed by atoms with van der Waals surface area (Å²) < 4.78 is 5.05. The normalized spacial score (nSPS) is 12.6. The van der Waals surface area contributed by atoms with Gasteiger partial charge in [-0.05, 0) is 25.0 Å². The fourth-order valence-corrected chi connectivity index (χ4v) is 1.53. The van der Waals surface area contributed by atoms with E-state index >= 15 is 0 Å². The molecule has 0 saturated heterocycles. The van der Waals surface area contributed by atoms with Crippen molar-refractivity contribution in [3.8, 4) is 5.88 Å². The third kappa shape index (κ3) is 2.16. The molecule has 0 fully saturated rings. The van der Waals surface area contributed by atoms with Gasteiger partial charge in [-0.15, -0.1) is 0 Å². The molecule has 4 heteroatoms. The number of aromatic nitrogens is 1. The lowest BCUT2D eigenvalue weighted by molar-refractivity contribution is 0.172. The number of nitrogens with zero attached hydrogens (tertiary/aromatic N) is 1. The van der Waals surface area contributed by atoms with Crippen LogP contribution in [0.2, 0.25) is 5.15 Å². The SMILES string of the molecule is CCC(O)c1cc(Cl)nc(OC)c1C. The van der Waals surface area contributed by atoms with E-state index in [1.165, 1.54) is 7.11 Å². The minimum absolute atomic E-state index is 0.343. The van der Waals surface area contributed by atoms with Gasteiger partial charge in [0.1, 0.15) is 5.15 Å². The second-order valence-electron chi connectivity index (χ2n) is 3.09. The van der Waals surface area contributed by atoms with Crippen molar-refractivity contribution in [3.05, 3.63) is 22.3 Å². The van der Waals surface area contributed by atoms with Gasteiger partial charge in [-0.25, -0.2) is 4.98 Å². The van der Waals surface area contributed by atoms with Crippen molar-refractivity contribution >= 4 is 11.6 Å². The average Bonchev–Trinajstić information content (AvgIpc) is 2.19. The van der Waals surface area contributed by atoms with Gasteiger partial charge >= 0.3 is 0 Å². The first kappa shape index (κ1) is 11.3. The highest BCUT2D eigenvalue weighted by Gasteiger charge is 2.14. The molecule has 0 saturated carbocycles. The second kappa shape index (κ2) is 4.62. The maximum atomic E-state index is 9.71. The van der Waals surface area contributed by atoms with Gasteiger partial charge in [0.05, 0.1) is 13.2 Å². The van der Waals surface area contributed by atoms with Crippen molar-refractivity contribution in [2.24, 2.45) is 0 Å². The molecule has 1 rings (SSSR count). The van der Waals surface area contributed by atoms with Crippen molar-refractivity contribution in [2.75, 3.05) is 7.11 Å². The summed E-state index contributed by atoms with van der Waals surface area (Å²) in [4.78, 5) is 4.00. The summed E-state index contributed by atoms with van der Waals surface area (Å²) in [5.74, 6) is 0.472. The zero-order valence-corrected chi connectivity index (χ0v) is 9.30. The first-order valence-electron chi connectivity index (χ1n) is 4.49. The number of aliphatic hydroxyl groups is 1. The molecule has 78 valence electrons. The van der Waals surface area contributed by atoms with Crippen LogP contribution in [0.15, 0.2) is 6.07 Å². The van der Waals surface area contributed by atoms with Gasteiger partial charge in [0.15, 0.2) is 0 Å². The predicted molar refractivity (Wildman–Crippen MR) is 55.8 cm³/mol. The van der Waals surface area contributed by atoms with Crippen molar-refractivity contribution in [1.82, 2.24) is 4.98 Å². The lowest BCUT2D eigenvalue weighted by atomic mass is 10.0. The summed E-state index contributed by atoms with van der Waals surface area (Å²) in [5.41, 5.74) is 1.62. The number of pyridine rings is 1. The van der Waals surface area contributed by atoms with E-state index in [0.717, 1.165) is 11.1 Å². The van der Waals surface area contributed by atoms with Crippen LogP contribution in [0.3, 0.4) is 0 Å². The highest BCUT2D eigenvalue weighted by molar-refractivity contribution is 6.29. The Balaban J connectivity index is 3.21. The number of aliphatic hydroxyl groups excluding tert-OH is 1. The van der Waals surface area contributed by atoms with Gasteiger partial charge in [0, 0.05) is 5.56 Å². The molecule has 0 aliphatic rings. The van der Waals surface area contributed by atoms with E-state index in [1.54, 1.807) is 6.07 Å². The first-order valence-corrected chi connectivity index (χ1v) is 4.87. The van der Waals surface area contributed by atoms with Crippen LogP contribution in [-0.2, 0) is 0 Å². The van der Waals surface area contributed by atoms with E-state index in [9.17, 15) is 5.11 Å². The van der Waals surface area contributed by atoms with Crippen molar-refractivity contribution in [2.45, 2.75) is 26.4 Å². The van der Waals surface area contributed by atoms with Gasteiger partial charge < -0.3 is 9.84 Å². The largest absolute Gasteiger partial charge is 0.481 e. The molecule has 0 aliphatic carbocycles. The molecule has 0 aromatic carbocycles. The monoisotopic (exact) mass is 215 g/mol. The highest BCUT2D eigenvalue weighted by Crippen LogP contribution is 2.28. The topological polar surface area (TPSA) is 42.4 Å². The summed E-state index contributed by atoms with van der Waals surface area (Å²) in [7, 11) is 1.54. The molecule has 1 heterocycles. The van der Waals surface area contributed by atoms with Crippen molar-refractivity contribution < 1.29 is 9.84 Å². The molecule has 1 atom stereocenters. The van der Waals surface area contributed by atoms with E-state index in [1.807, 2.05) is 13.8 Å². The third-order valence-electron chi connectivity index (χ3n) is 2.18. The van der Waals surface area contributed by atoms with E-state index in [4.69, 9.17) is 16.3 Å². The second-order valence-corrected chi connectivity index (χ2v) is 3.48.